The van der Waals surface area contributed by atoms with Gasteiger partial charge in [-0.15, -0.1) is 11.3 Å². The Morgan fingerprint density at radius 1 is 1.44 bits per heavy atom. The van der Waals surface area contributed by atoms with E-state index in [4.69, 9.17) is 5.84 Å². The van der Waals surface area contributed by atoms with E-state index < -0.39 is 0 Å². The highest BCUT2D eigenvalue weighted by Gasteiger charge is 2.15. The van der Waals surface area contributed by atoms with E-state index in [9.17, 15) is 0 Å². The van der Waals surface area contributed by atoms with Crippen molar-refractivity contribution in [2.45, 2.75) is 19.9 Å². The Morgan fingerprint density at radius 3 is 2.81 bits per heavy atom. The molecule has 0 bridgehead atoms. The lowest BCUT2D eigenvalue weighted by molar-refractivity contribution is 0.618. The Labute approximate surface area is 98.5 Å². The van der Waals surface area contributed by atoms with Crippen molar-refractivity contribution in [1.29, 1.82) is 0 Å². The van der Waals surface area contributed by atoms with Crippen LogP contribution in [0.2, 0.25) is 0 Å². The summed E-state index contributed by atoms with van der Waals surface area (Å²) in [7, 11) is 0. The van der Waals surface area contributed by atoms with Crippen LogP contribution in [0.1, 0.15) is 28.0 Å². The molecule has 4 nitrogen and oxygen atoms in total. The molecule has 3 N–H and O–H groups in total. The number of hydrogen-bond donors (Lipinski definition) is 2. The number of rotatable bonds is 3. The number of nitrogens with one attached hydrogen (secondary N) is 1. The summed E-state index contributed by atoms with van der Waals surface area (Å²) in [4.78, 5) is 9.72. The van der Waals surface area contributed by atoms with Gasteiger partial charge in [0.15, 0.2) is 0 Å². The molecule has 0 aliphatic rings. The lowest BCUT2D eigenvalue weighted by Crippen LogP contribution is -2.29. The topological polar surface area (TPSA) is 63.8 Å². The first-order chi connectivity index (χ1) is 7.70. The molecule has 0 aliphatic carbocycles. The number of nitrogens with zero attached hydrogens (tertiary/aromatic N) is 2. The normalized spacial score (nSPS) is 12.7. The van der Waals surface area contributed by atoms with Crippen molar-refractivity contribution in [3.63, 3.8) is 0 Å². The third-order valence-electron chi connectivity index (χ3n) is 2.34. The van der Waals surface area contributed by atoms with E-state index in [-0.39, 0.29) is 6.04 Å². The van der Waals surface area contributed by atoms with Crippen LogP contribution in [0.5, 0.6) is 0 Å². The zero-order valence-corrected chi connectivity index (χ0v) is 10.1. The zero-order valence-electron chi connectivity index (χ0n) is 9.27. The summed E-state index contributed by atoms with van der Waals surface area (Å²) in [6, 6.07) is 3.93. The molecule has 0 fully saturated rings. The van der Waals surface area contributed by atoms with Crippen LogP contribution in [0.3, 0.4) is 0 Å². The van der Waals surface area contributed by atoms with Crippen molar-refractivity contribution in [3.8, 4) is 0 Å². The van der Waals surface area contributed by atoms with E-state index in [0.717, 1.165) is 17.1 Å². The third kappa shape index (κ3) is 2.27. The molecular formula is C11H14N4S. The molecule has 2 heterocycles. The van der Waals surface area contributed by atoms with Gasteiger partial charge in [0.2, 0.25) is 0 Å². The summed E-state index contributed by atoms with van der Waals surface area (Å²) in [6.45, 7) is 3.95. The predicted octanol–water partition coefficient (Wildman–Crippen LogP) is 1.71. The van der Waals surface area contributed by atoms with Gasteiger partial charge in [-0.25, -0.2) is 15.4 Å². The quantitative estimate of drug-likeness (QED) is 0.627. The highest BCUT2D eigenvalue weighted by Crippen LogP contribution is 2.24. The van der Waals surface area contributed by atoms with Gasteiger partial charge >= 0.3 is 0 Å². The number of hydrogen-bond acceptors (Lipinski definition) is 5. The SMILES string of the molecule is Cc1nccc(C(NN)c2csc(C)c2)n1. The highest BCUT2D eigenvalue weighted by molar-refractivity contribution is 7.10. The maximum absolute atomic E-state index is 5.59. The fraction of sp³-hybridized carbons (Fsp3) is 0.273. The maximum Gasteiger partial charge on any atom is 0.125 e. The van der Waals surface area contributed by atoms with Crippen molar-refractivity contribution in [2.24, 2.45) is 5.84 Å². The Kier molecular flexibility index (Phi) is 3.28. The van der Waals surface area contributed by atoms with E-state index in [1.807, 2.05) is 13.0 Å². The molecule has 2 rings (SSSR count). The summed E-state index contributed by atoms with van der Waals surface area (Å²) in [5, 5.41) is 2.09. The lowest BCUT2D eigenvalue weighted by atomic mass is 10.1. The van der Waals surface area contributed by atoms with Gasteiger partial charge in [-0.05, 0) is 36.9 Å². The first kappa shape index (κ1) is 11.2. The van der Waals surface area contributed by atoms with Crippen LogP contribution in [0.25, 0.3) is 0 Å². The molecule has 0 spiro atoms. The van der Waals surface area contributed by atoms with Crippen molar-refractivity contribution in [3.05, 3.63) is 45.7 Å². The standard InChI is InChI=1S/C11H14N4S/c1-7-5-9(6-16-7)11(15-12)10-3-4-13-8(2)14-10/h3-6,11,15H,12H2,1-2H3. The largest absolute Gasteiger partial charge is 0.271 e. The molecule has 0 saturated heterocycles. The van der Waals surface area contributed by atoms with Crippen LogP contribution < -0.4 is 11.3 Å². The van der Waals surface area contributed by atoms with Crippen molar-refractivity contribution in [1.82, 2.24) is 15.4 Å². The van der Waals surface area contributed by atoms with Gasteiger partial charge < -0.3 is 0 Å². The van der Waals surface area contributed by atoms with Gasteiger partial charge in [-0.2, -0.15) is 0 Å². The monoisotopic (exact) mass is 234 g/mol. The second kappa shape index (κ2) is 4.69. The number of thiophene rings is 1. The molecule has 2 aromatic heterocycles. The second-order valence-electron chi connectivity index (χ2n) is 3.62. The van der Waals surface area contributed by atoms with Crippen molar-refractivity contribution < 1.29 is 0 Å². The van der Waals surface area contributed by atoms with Crippen LogP contribution >= 0.6 is 11.3 Å². The molecule has 2 aromatic rings. The molecule has 16 heavy (non-hydrogen) atoms. The summed E-state index contributed by atoms with van der Waals surface area (Å²) >= 11 is 1.71. The Bertz CT molecular complexity index is 480. The van der Waals surface area contributed by atoms with Crippen LogP contribution in [-0.2, 0) is 0 Å². The van der Waals surface area contributed by atoms with Crippen LogP contribution in [0.4, 0.5) is 0 Å². The van der Waals surface area contributed by atoms with Gasteiger partial charge in [0.25, 0.3) is 0 Å². The maximum atomic E-state index is 5.59. The average molecular weight is 234 g/mol. The minimum absolute atomic E-state index is 0.0633. The Balaban J connectivity index is 2.36. The van der Waals surface area contributed by atoms with E-state index in [2.05, 4.69) is 33.8 Å². The average Bonchev–Trinajstić information content (AvgIpc) is 2.66. The molecule has 1 atom stereocenters. The molecule has 5 heteroatoms. The van der Waals surface area contributed by atoms with E-state index in [1.54, 1.807) is 17.5 Å². The van der Waals surface area contributed by atoms with Gasteiger partial charge in [-0.1, -0.05) is 0 Å². The zero-order chi connectivity index (χ0) is 11.5. The lowest BCUT2D eigenvalue weighted by Gasteiger charge is -2.13. The van der Waals surface area contributed by atoms with Crippen molar-refractivity contribution in [2.75, 3.05) is 0 Å². The minimum atomic E-state index is -0.0633. The number of hydrazine groups is 1. The van der Waals surface area contributed by atoms with Gasteiger partial charge in [0.1, 0.15) is 5.82 Å². The number of aromatic nitrogens is 2. The molecule has 0 aliphatic heterocycles. The highest BCUT2D eigenvalue weighted by atomic mass is 32.1. The van der Waals surface area contributed by atoms with Crippen LogP contribution in [-0.4, -0.2) is 9.97 Å². The van der Waals surface area contributed by atoms with E-state index in [0.29, 0.717) is 0 Å². The van der Waals surface area contributed by atoms with Crippen LogP contribution in [0.15, 0.2) is 23.7 Å². The molecule has 84 valence electrons. The summed E-state index contributed by atoms with van der Waals surface area (Å²) < 4.78 is 0. The summed E-state index contributed by atoms with van der Waals surface area (Å²) in [5.41, 5.74) is 4.83. The first-order valence-electron chi connectivity index (χ1n) is 5.01. The second-order valence-corrected chi connectivity index (χ2v) is 4.73. The number of nitrogens with two attached hydrogens (primary N) is 1. The summed E-state index contributed by atoms with van der Waals surface area (Å²) in [5.74, 6) is 6.34. The molecule has 0 amide bonds. The van der Waals surface area contributed by atoms with E-state index in [1.165, 1.54) is 4.88 Å². The first-order valence-corrected chi connectivity index (χ1v) is 5.89. The van der Waals surface area contributed by atoms with Gasteiger partial charge in [-0.3, -0.25) is 5.84 Å². The fourth-order valence-electron chi connectivity index (χ4n) is 1.60. The minimum Gasteiger partial charge on any atom is -0.271 e. The van der Waals surface area contributed by atoms with Crippen molar-refractivity contribution >= 4 is 11.3 Å². The smallest absolute Gasteiger partial charge is 0.125 e. The van der Waals surface area contributed by atoms with Crippen LogP contribution in [0, 0.1) is 13.8 Å². The molecular weight excluding hydrogens is 220 g/mol. The predicted molar refractivity (Wildman–Crippen MR) is 65.0 cm³/mol. The fourth-order valence-corrected chi connectivity index (χ4v) is 2.33. The third-order valence-corrected chi connectivity index (χ3v) is 3.22. The Morgan fingerprint density at radius 2 is 2.25 bits per heavy atom. The molecule has 0 aromatic carbocycles. The molecule has 0 radical (unpaired) electrons. The van der Waals surface area contributed by atoms with Gasteiger partial charge in [0, 0.05) is 11.1 Å². The Hall–Kier alpha value is -1.30. The van der Waals surface area contributed by atoms with Gasteiger partial charge in [0.05, 0.1) is 11.7 Å². The van der Waals surface area contributed by atoms with E-state index >= 15 is 0 Å². The number of aryl methyl sites for hydroxylation is 2. The molecule has 1 unspecified atom stereocenters. The molecule has 0 saturated carbocycles. The summed E-state index contributed by atoms with van der Waals surface area (Å²) in [6.07, 6.45) is 1.75.